The molecule has 0 N–H and O–H groups in total. The minimum absolute atomic E-state index is 0.164. The second kappa shape index (κ2) is 12.8. The molecule has 0 radical (unpaired) electrons. The molecule has 12 rings (SSSR count). The third-order valence-corrected chi connectivity index (χ3v) is 12.8. The highest BCUT2D eigenvalue weighted by Crippen LogP contribution is 2.53. The Labute approximate surface area is 343 Å². The standard InChI is InChI=1S/C57H39NO/c1-57(2)51-26-11-9-22-44(51)45-31-29-39(35-52(45)57)58(38-30-32-55-50(34-38)46-23-10-12-28-54(46)59-55)53-27-14-25-48(56(53)47-24-13-17-36-15-3-5-18-40(36)47)49-33-37-16-4-6-19-41(37)42-20-7-8-21-43(42)49/h3-35H,1-2H3. The van der Waals surface area contributed by atoms with Crippen molar-refractivity contribution in [1.82, 2.24) is 0 Å². The summed E-state index contributed by atoms with van der Waals surface area (Å²) in [5.41, 5.74) is 15.0. The lowest BCUT2D eigenvalue weighted by molar-refractivity contribution is 0.660. The number of para-hydroxylation sites is 1. The second-order valence-corrected chi connectivity index (χ2v) is 16.4. The summed E-state index contributed by atoms with van der Waals surface area (Å²) in [7, 11) is 0. The summed E-state index contributed by atoms with van der Waals surface area (Å²) in [6.07, 6.45) is 0. The zero-order valence-corrected chi connectivity index (χ0v) is 32.9. The van der Waals surface area contributed by atoms with Gasteiger partial charge in [-0.25, -0.2) is 0 Å². The van der Waals surface area contributed by atoms with Gasteiger partial charge in [-0.1, -0.05) is 166 Å². The van der Waals surface area contributed by atoms with Gasteiger partial charge in [-0.2, -0.15) is 0 Å². The number of anilines is 3. The van der Waals surface area contributed by atoms with Crippen LogP contribution >= 0.6 is 0 Å². The number of fused-ring (bicyclic) bond motifs is 10. The molecule has 0 bridgehead atoms. The van der Waals surface area contributed by atoms with Crippen molar-refractivity contribution in [3.05, 3.63) is 211 Å². The first-order valence-corrected chi connectivity index (χ1v) is 20.5. The van der Waals surface area contributed by atoms with Gasteiger partial charge in [0, 0.05) is 33.1 Å². The van der Waals surface area contributed by atoms with E-state index >= 15 is 0 Å². The smallest absolute Gasteiger partial charge is 0.135 e. The molecular formula is C57H39NO. The Bertz CT molecular complexity index is 3490. The number of hydrogen-bond acceptors (Lipinski definition) is 2. The molecule has 0 amide bonds. The van der Waals surface area contributed by atoms with Crippen molar-refractivity contribution >= 4 is 71.3 Å². The van der Waals surface area contributed by atoms with Gasteiger partial charge in [0.2, 0.25) is 0 Å². The van der Waals surface area contributed by atoms with Crippen LogP contribution in [0.15, 0.2) is 205 Å². The predicted octanol–water partition coefficient (Wildman–Crippen LogP) is 16.2. The van der Waals surface area contributed by atoms with E-state index in [9.17, 15) is 0 Å². The molecule has 0 atom stereocenters. The van der Waals surface area contributed by atoms with Crippen LogP contribution < -0.4 is 4.90 Å². The number of furan rings is 1. The van der Waals surface area contributed by atoms with Crippen molar-refractivity contribution in [1.29, 1.82) is 0 Å². The lowest BCUT2D eigenvalue weighted by Crippen LogP contribution is -2.17. The summed E-state index contributed by atoms with van der Waals surface area (Å²) in [4.78, 5) is 2.49. The highest BCUT2D eigenvalue weighted by atomic mass is 16.3. The highest BCUT2D eigenvalue weighted by Gasteiger charge is 2.36. The SMILES string of the molecule is CC1(C)c2ccccc2-c2ccc(N(c3ccc4oc5ccccc5c4c3)c3cccc(-c4cc5ccccc5c5ccccc45)c3-c3cccc4ccccc34)cc21. The van der Waals surface area contributed by atoms with Crippen LogP contribution in [-0.2, 0) is 5.41 Å². The quantitative estimate of drug-likeness (QED) is 0.163. The van der Waals surface area contributed by atoms with Crippen LogP contribution in [0.1, 0.15) is 25.0 Å². The Morgan fingerprint density at radius 1 is 0.356 bits per heavy atom. The van der Waals surface area contributed by atoms with Crippen LogP contribution in [0.5, 0.6) is 0 Å². The van der Waals surface area contributed by atoms with E-state index in [0.717, 1.165) is 39.0 Å². The van der Waals surface area contributed by atoms with Gasteiger partial charge in [-0.3, -0.25) is 0 Å². The molecule has 2 heteroatoms. The van der Waals surface area contributed by atoms with E-state index in [-0.39, 0.29) is 5.41 Å². The highest BCUT2D eigenvalue weighted by molar-refractivity contribution is 6.17. The molecule has 1 heterocycles. The van der Waals surface area contributed by atoms with Crippen LogP contribution in [-0.4, -0.2) is 0 Å². The van der Waals surface area contributed by atoms with Crippen LogP contribution in [0.3, 0.4) is 0 Å². The summed E-state index contributed by atoms with van der Waals surface area (Å²) in [5, 5.41) is 9.62. The Balaban J connectivity index is 1.20. The molecule has 10 aromatic carbocycles. The fraction of sp³-hybridized carbons (Fsp3) is 0.0526. The minimum atomic E-state index is -0.164. The maximum atomic E-state index is 6.40. The van der Waals surface area contributed by atoms with Crippen LogP contribution in [0.2, 0.25) is 0 Å². The number of nitrogens with zero attached hydrogens (tertiary/aromatic N) is 1. The van der Waals surface area contributed by atoms with Gasteiger partial charge in [0.1, 0.15) is 11.2 Å². The Hall–Kier alpha value is -7.42. The Kier molecular flexibility index (Phi) is 7.31. The zero-order valence-electron chi connectivity index (χ0n) is 32.9. The lowest BCUT2D eigenvalue weighted by Gasteiger charge is -2.31. The monoisotopic (exact) mass is 753 g/mol. The second-order valence-electron chi connectivity index (χ2n) is 16.4. The van der Waals surface area contributed by atoms with E-state index in [2.05, 4.69) is 213 Å². The Morgan fingerprint density at radius 3 is 1.83 bits per heavy atom. The first-order valence-electron chi connectivity index (χ1n) is 20.5. The van der Waals surface area contributed by atoms with Crippen molar-refractivity contribution in [2.24, 2.45) is 0 Å². The molecule has 1 aliphatic carbocycles. The van der Waals surface area contributed by atoms with Gasteiger partial charge in [-0.05, 0) is 120 Å². The summed E-state index contributed by atoms with van der Waals surface area (Å²) in [5.74, 6) is 0. The first-order chi connectivity index (χ1) is 29.0. The topological polar surface area (TPSA) is 16.4 Å². The van der Waals surface area contributed by atoms with Crippen molar-refractivity contribution in [2.45, 2.75) is 19.3 Å². The number of rotatable bonds is 5. The largest absolute Gasteiger partial charge is 0.456 e. The summed E-state index contributed by atoms with van der Waals surface area (Å²) in [6.45, 7) is 4.73. The third-order valence-electron chi connectivity index (χ3n) is 12.8. The summed E-state index contributed by atoms with van der Waals surface area (Å²) >= 11 is 0. The van der Waals surface area contributed by atoms with E-state index in [0.29, 0.717) is 0 Å². The molecule has 0 saturated carbocycles. The molecule has 11 aromatic rings. The molecule has 278 valence electrons. The number of benzene rings is 10. The van der Waals surface area contributed by atoms with Gasteiger partial charge in [-0.15, -0.1) is 0 Å². The maximum absolute atomic E-state index is 6.40. The van der Waals surface area contributed by atoms with Gasteiger partial charge >= 0.3 is 0 Å². The van der Waals surface area contributed by atoms with Crippen molar-refractivity contribution in [3.8, 4) is 33.4 Å². The molecule has 1 aliphatic rings. The summed E-state index contributed by atoms with van der Waals surface area (Å²) < 4.78 is 6.40. The average Bonchev–Trinajstić information content (AvgIpc) is 3.77. The zero-order chi connectivity index (χ0) is 39.2. The Morgan fingerprint density at radius 2 is 0.949 bits per heavy atom. The van der Waals surface area contributed by atoms with E-state index in [4.69, 9.17) is 4.42 Å². The van der Waals surface area contributed by atoms with E-state index in [1.54, 1.807) is 0 Å². The molecule has 0 unspecified atom stereocenters. The number of hydrogen-bond donors (Lipinski definition) is 0. The van der Waals surface area contributed by atoms with E-state index in [1.165, 1.54) is 76.8 Å². The maximum Gasteiger partial charge on any atom is 0.135 e. The molecular weight excluding hydrogens is 715 g/mol. The van der Waals surface area contributed by atoms with Gasteiger partial charge in [0.25, 0.3) is 0 Å². The van der Waals surface area contributed by atoms with Crippen molar-refractivity contribution in [2.75, 3.05) is 4.90 Å². The predicted molar refractivity (Wildman–Crippen MR) is 249 cm³/mol. The molecule has 2 nitrogen and oxygen atoms in total. The van der Waals surface area contributed by atoms with Gasteiger partial charge < -0.3 is 9.32 Å². The fourth-order valence-corrected chi connectivity index (χ4v) is 10.1. The summed E-state index contributed by atoms with van der Waals surface area (Å²) in [6, 6.07) is 73.5. The van der Waals surface area contributed by atoms with E-state index in [1.807, 2.05) is 6.07 Å². The van der Waals surface area contributed by atoms with Crippen molar-refractivity contribution < 1.29 is 4.42 Å². The van der Waals surface area contributed by atoms with E-state index < -0.39 is 0 Å². The third kappa shape index (κ3) is 5.06. The molecule has 0 spiro atoms. The molecule has 59 heavy (non-hydrogen) atoms. The average molecular weight is 754 g/mol. The molecule has 0 saturated heterocycles. The molecule has 1 aromatic heterocycles. The molecule has 0 aliphatic heterocycles. The lowest BCUT2D eigenvalue weighted by atomic mass is 9.82. The molecule has 0 fully saturated rings. The van der Waals surface area contributed by atoms with Gasteiger partial charge in [0.05, 0.1) is 5.69 Å². The van der Waals surface area contributed by atoms with Crippen LogP contribution in [0.4, 0.5) is 17.1 Å². The van der Waals surface area contributed by atoms with Crippen LogP contribution in [0, 0.1) is 0 Å². The van der Waals surface area contributed by atoms with Crippen molar-refractivity contribution in [3.63, 3.8) is 0 Å². The fourth-order valence-electron chi connectivity index (χ4n) is 10.1. The van der Waals surface area contributed by atoms with Gasteiger partial charge in [0.15, 0.2) is 0 Å². The minimum Gasteiger partial charge on any atom is -0.456 e. The first kappa shape index (κ1) is 33.7. The van der Waals surface area contributed by atoms with Crippen LogP contribution in [0.25, 0.3) is 87.6 Å². The normalized spacial score (nSPS) is 13.1.